The summed E-state index contributed by atoms with van der Waals surface area (Å²) in [6.07, 6.45) is 33.6. The highest BCUT2D eigenvalue weighted by molar-refractivity contribution is 6.18. The van der Waals surface area contributed by atoms with Gasteiger partial charge in [-0.15, -0.1) is 6.58 Å². The topological polar surface area (TPSA) is 37.6 Å². The number of amidine groups is 1. The highest BCUT2D eigenvalue weighted by Gasteiger charge is 2.20. The van der Waals surface area contributed by atoms with Crippen LogP contribution in [0.3, 0.4) is 0 Å². The van der Waals surface area contributed by atoms with Crippen molar-refractivity contribution in [2.75, 3.05) is 0 Å². The molecule has 1 aliphatic heterocycles. The van der Waals surface area contributed by atoms with Crippen molar-refractivity contribution in [2.24, 2.45) is 15.9 Å². The standard InChI is InChI=1S/C50H43N3/c1-3-16-41(25-14-24-39-23-13-22-38-19-9-11-26-45(38)39)49-33-31-42(29-28-37-17-15-34-51-36-37)48(4-2)52-50(53-49)44-30-32-47-43(35-44)21-8-6-5-7-18-40-20-10-12-27-46(40)47/h3-17,19-20,22-23,25-36,42,48H,1-2,18,21,24H2/b7-5-,8-6-,25-14-,29-28+,33-31?,41-16+,52-50?,53-49?/t42-,48?/m0/s1. The van der Waals surface area contributed by atoms with Crippen LogP contribution in [0.15, 0.2) is 211 Å². The second-order valence-electron chi connectivity index (χ2n) is 13.2. The first-order chi connectivity index (χ1) is 26.2. The Kier molecular flexibility index (Phi) is 11.3. The van der Waals surface area contributed by atoms with E-state index in [9.17, 15) is 0 Å². The fourth-order valence-corrected chi connectivity index (χ4v) is 6.92. The molecule has 2 heterocycles. The number of fused-ring (bicyclic) bond motifs is 4. The van der Waals surface area contributed by atoms with E-state index in [1.54, 1.807) is 6.20 Å². The maximum atomic E-state index is 5.33. The molecule has 0 fully saturated rings. The van der Waals surface area contributed by atoms with Crippen LogP contribution in [0.1, 0.15) is 27.8 Å². The fraction of sp³-hybridized carbons (Fsp3) is 0.100. The van der Waals surface area contributed by atoms with E-state index in [-0.39, 0.29) is 12.0 Å². The maximum Gasteiger partial charge on any atom is 0.155 e. The van der Waals surface area contributed by atoms with E-state index in [2.05, 4.69) is 170 Å². The maximum absolute atomic E-state index is 5.33. The monoisotopic (exact) mass is 685 g/mol. The van der Waals surface area contributed by atoms with Gasteiger partial charge in [-0.1, -0.05) is 164 Å². The Labute approximate surface area is 313 Å². The van der Waals surface area contributed by atoms with Crippen LogP contribution in [0.25, 0.3) is 28.0 Å². The Morgan fingerprint density at radius 3 is 2.47 bits per heavy atom. The Balaban J connectivity index is 1.31. The Bertz CT molecular complexity index is 2360. The summed E-state index contributed by atoms with van der Waals surface area (Å²) in [4.78, 5) is 14.9. The summed E-state index contributed by atoms with van der Waals surface area (Å²) in [5.74, 6) is 0.611. The van der Waals surface area contributed by atoms with E-state index in [1.165, 1.54) is 38.6 Å². The van der Waals surface area contributed by atoms with Crippen LogP contribution in [0, 0.1) is 5.92 Å². The van der Waals surface area contributed by atoms with Crippen LogP contribution in [0.2, 0.25) is 0 Å². The second-order valence-corrected chi connectivity index (χ2v) is 13.2. The lowest BCUT2D eigenvalue weighted by molar-refractivity contribution is 0.696. The van der Waals surface area contributed by atoms with Crippen molar-refractivity contribution >= 4 is 28.4 Å². The zero-order chi connectivity index (χ0) is 36.2. The van der Waals surface area contributed by atoms with Gasteiger partial charge in [0.05, 0.1) is 11.8 Å². The molecule has 0 radical (unpaired) electrons. The van der Waals surface area contributed by atoms with E-state index in [0.29, 0.717) is 5.84 Å². The number of pyridine rings is 1. The highest BCUT2D eigenvalue weighted by atomic mass is 15.0. The Morgan fingerprint density at radius 2 is 1.62 bits per heavy atom. The molecule has 0 spiro atoms. The third-order valence-electron chi connectivity index (χ3n) is 9.64. The van der Waals surface area contributed by atoms with Gasteiger partial charge >= 0.3 is 0 Å². The molecule has 0 amide bonds. The zero-order valence-electron chi connectivity index (χ0n) is 29.9. The number of aliphatic imine (C=N–C) groups is 2. The number of nitrogens with zero attached hydrogens (tertiary/aromatic N) is 3. The van der Waals surface area contributed by atoms with Crippen molar-refractivity contribution in [2.45, 2.75) is 25.3 Å². The molecule has 1 unspecified atom stereocenters. The van der Waals surface area contributed by atoms with E-state index in [4.69, 9.17) is 9.98 Å². The number of rotatable bonds is 9. The number of aromatic nitrogens is 1. The zero-order valence-corrected chi connectivity index (χ0v) is 29.9. The van der Waals surface area contributed by atoms with Gasteiger partial charge in [-0.05, 0) is 87.2 Å². The van der Waals surface area contributed by atoms with Gasteiger partial charge in [-0.3, -0.25) is 9.98 Å². The minimum absolute atomic E-state index is 0.0592. The van der Waals surface area contributed by atoms with Crippen LogP contribution >= 0.6 is 0 Å². The quantitative estimate of drug-likeness (QED) is 0.112. The summed E-state index contributed by atoms with van der Waals surface area (Å²) in [6, 6.07) is 34.2. The number of benzene rings is 4. The smallest absolute Gasteiger partial charge is 0.155 e. The van der Waals surface area contributed by atoms with Crippen molar-refractivity contribution < 1.29 is 0 Å². The molecular weight excluding hydrogens is 643 g/mol. The van der Waals surface area contributed by atoms with Gasteiger partial charge in [-0.2, -0.15) is 0 Å². The van der Waals surface area contributed by atoms with Crippen molar-refractivity contribution in [1.29, 1.82) is 0 Å². The molecule has 3 heteroatoms. The summed E-state index contributed by atoms with van der Waals surface area (Å²) < 4.78 is 0. The molecule has 1 aromatic heterocycles. The molecule has 0 N–H and O–H groups in total. The average molecular weight is 686 g/mol. The van der Waals surface area contributed by atoms with Crippen molar-refractivity contribution in [3.05, 3.63) is 229 Å². The predicted molar refractivity (Wildman–Crippen MR) is 226 cm³/mol. The molecule has 0 saturated heterocycles. The molecule has 5 aromatic rings. The summed E-state index contributed by atoms with van der Waals surface area (Å²) in [5.41, 5.74) is 10.1. The van der Waals surface area contributed by atoms with E-state index in [1.807, 2.05) is 30.5 Å². The van der Waals surface area contributed by atoms with Crippen LogP contribution in [0.4, 0.5) is 0 Å². The molecule has 2 aliphatic rings. The van der Waals surface area contributed by atoms with E-state index < -0.39 is 0 Å². The molecule has 258 valence electrons. The largest absolute Gasteiger partial charge is 0.264 e. The lowest BCUT2D eigenvalue weighted by Crippen LogP contribution is -2.19. The summed E-state index contributed by atoms with van der Waals surface area (Å²) >= 11 is 0. The lowest BCUT2D eigenvalue weighted by atomic mass is 9.90. The molecule has 53 heavy (non-hydrogen) atoms. The summed E-state index contributed by atoms with van der Waals surface area (Å²) in [6.45, 7) is 8.28. The van der Waals surface area contributed by atoms with Gasteiger partial charge in [0.2, 0.25) is 0 Å². The molecule has 3 nitrogen and oxygen atoms in total. The third-order valence-corrected chi connectivity index (χ3v) is 9.64. The summed E-state index contributed by atoms with van der Waals surface area (Å²) in [5, 5.41) is 2.51. The fourth-order valence-electron chi connectivity index (χ4n) is 6.92. The number of hydrogen-bond acceptors (Lipinski definition) is 3. The Hall–Kier alpha value is -6.45. The van der Waals surface area contributed by atoms with Gasteiger partial charge in [0.25, 0.3) is 0 Å². The van der Waals surface area contributed by atoms with Crippen LogP contribution in [0.5, 0.6) is 0 Å². The van der Waals surface area contributed by atoms with Gasteiger partial charge in [0.15, 0.2) is 5.84 Å². The molecule has 0 saturated carbocycles. The predicted octanol–water partition coefficient (Wildman–Crippen LogP) is 11.7. The lowest BCUT2D eigenvalue weighted by Gasteiger charge is -2.20. The first-order valence-corrected chi connectivity index (χ1v) is 18.2. The third kappa shape index (κ3) is 8.54. The minimum Gasteiger partial charge on any atom is -0.264 e. The van der Waals surface area contributed by atoms with Crippen LogP contribution in [-0.4, -0.2) is 22.6 Å². The van der Waals surface area contributed by atoms with Crippen molar-refractivity contribution in [3.63, 3.8) is 0 Å². The minimum atomic E-state index is -0.229. The van der Waals surface area contributed by atoms with Gasteiger partial charge in [0, 0.05) is 23.9 Å². The molecule has 0 bridgehead atoms. The average Bonchev–Trinajstić information content (AvgIpc) is 3.19. The molecule has 4 aromatic carbocycles. The SMILES string of the molecule is C=C/C=C(\C=C/Cc1cccc2ccccc12)C1=NC(c2ccc3c(c2)C/C=C\C=C/Cc2ccccc2-3)=NC(C=C)[C@@H](/C=C/c2cccnc2)C=C1. The number of hydrogen-bond donors (Lipinski definition) is 0. The molecule has 2 atom stereocenters. The molecule has 1 aliphatic carbocycles. The van der Waals surface area contributed by atoms with Crippen LogP contribution in [-0.2, 0) is 19.3 Å². The van der Waals surface area contributed by atoms with Crippen molar-refractivity contribution in [3.8, 4) is 11.1 Å². The highest BCUT2D eigenvalue weighted by Crippen LogP contribution is 2.31. The van der Waals surface area contributed by atoms with E-state index in [0.717, 1.165) is 41.7 Å². The summed E-state index contributed by atoms with van der Waals surface area (Å²) in [7, 11) is 0. The van der Waals surface area contributed by atoms with Gasteiger partial charge in [-0.25, -0.2) is 4.99 Å². The normalized spacial score (nSPS) is 18.7. The first kappa shape index (κ1) is 35.0. The van der Waals surface area contributed by atoms with Crippen LogP contribution < -0.4 is 0 Å². The van der Waals surface area contributed by atoms with Crippen molar-refractivity contribution in [1.82, 2.24) is 4.98 Å². The molecule has 7 rings (SSSR count). The first-order valence-electron chi connectivity index (χ1n) is 18.2. The molecular formula is C50H43N3. The van der Waals surface area contributed by atoms with Gasteiger partial charge < -0.3 is 0 Å². The number of allylic oxidation sites excluding steroid dienone is 10. The Morgan fingerprint density at radius 1 is 0.811 bits per heavy atom. The van der Waals surface area contributed by atoms with Gasteiger partial charge in [0.1, 0.15) is 0 Å². The van der Waals surface area contributed by atoms with E-state index >= 15 is 0 Å². The second kappa shape index (κ2) is 17.2.